The molecule has 2 rings (SSSR count). The van der Waals surface area contributed by atoms with Crippen LogP contribution < -0.4 is 0 Å². The van der Waals surface area contributed by atoms with Gasteiger partial charge in [-0.15, -0.1) is 0 Å². The molecule has 0 saturated heterocycles. The molecule has 12 heavy (non-hydrogen) atoms. The molecule has 3 heteroatoms. The molecule has 0 bridgehead atoms. The number of fused-ring (bicyclic) bond motifs is 1. The molecule has 1 N–H and O–H groups in total. The zero-order chi connectivity index (χ0) is 10.3. The Kier molecular flexibility index (Phi) is 1.32. The third-order valence-electron chi connectivity index (χ3n) is 1.68. The van der Waals surface area contributed by atoms with Crippen LogP contribution in [0.5, 0.6) is 0 Å². The number of hydrogen-bond donors (Lipinski definition) is 1. The first kappa shape index (κ1) is 5.62. The molecule has 0 aliphatic rings. The molecule has 1 heterocycles. The Labute approximate surface area is 77.2 Å². The fourth-order valence-electron chi connectivity index (χ4n) is 1.12. The minimum Gasteiger partial charge on any atom is -0.464 e. The SMILES string of the molecule is [2H]C([2H])(O)c1ccc(Cl)c2ccoc12. The molecular formula is C9H7ClO2. The van der Waals surface area contributed by atoms with Crippen LogP contribution in [0.15, 0.2) is 28.9 Å². The van der Waals surface area contributed by atoms with E-state index in [4.69, 9.17) is 18.8 Å². The average Bonchev–Trinajstić information content (AvgIpc) is 2.50. The second kappa shape index (κ2) is 2.81. The Morgan fingerprint density at radius 3 is 3.08 bits per heavy atom. The standard InChI is InChI=1S/C9H7ClO2/c10-8-2-1-6(5-11)9-7(8)3-4-12-9/h1-4,11H,5H2/i5D2. The lowest BCUT2D eigenvalue weighted by Crippen LogP contribution is -1.82. The van der Waals surface area contributed by atoms with Crippen molar-refractivity contribution >= 4 is 22.6 Å². The molecule has 0 saturated carbocycles. The van der Waals surface area contributed by atoms with Gasteiger partial charge in [0, 0.05) is 10.9 Å². The summed E-state index contributed by atoms with van der Waals surface area (Å²) < 4.78 is 19.4. The van der Waals surface area contributed by atoms with E-state index in [9.17, 15) is 5.11 Å². The summed E-state index contributed by atoms with van der Waals surface area (Å²) in [5.74, 6) is 0. The molecule has 0 radical (unpaired) electrons. The Morgan fingerprint density at radius 2 is 2.33 bits per heavy atom. The zero-order valence-electron chi connectivity index (χ0n) is 8.04. The predicted octanol–water partition coefficient (Wildman–Crippen LogP) is 2.58. The largest absolute Gasteiger partial charge is 0.464 e. The second-order valence-electron chi connectivity index (χ2n) is 2.37. The van der Waals surface area contributed by atoms with Crippen molar-refractivity contribution in [2.75, 3.05) is 0 Å². The first-order valence-electron chi connectivity index (χ1n) is 4.39. The van der Waals surface area contributed by atoms with Crippen molar-refractivity contribution in [3.05, 3.63) is 35.0 Å². The maximum atomic E-state index is 9.23. The molecule has 1 aromatic carbocycles. The van der Waals surface area contributed by atoms with Gasteiger partial charge < -0.3 is 9.52 Å². The zero-order valence-corrected chi connectivity index (χ0v) is 6.80. The van der Waals surface area contributed by atoms with Gasteiger partial charge >= 0.3 is 0 Å². The molecule has 0 aliphatic carbocycles. The van der Waals surface area contributed by atoms with Gasteiger partial charge in [0.05, 0.1) is 20.6 Å². The first-order valence-corrected chi connectivity index (χ1v) is 3.76. The summed E-state index contributed by atoms with van der Waals surface area (Å²) in [4.78, 5) is 0. The lowest BCUT2D eigenvalue weighted by Gasteiger charge is -1.97. The van der Waals surface area contributed by atoms with E-state index in [1.807, 2.05) is 0 Å². The van der Waals surface area contributed by atoms with Crippen LogP contribution in [0.3, 0.4) is 0 Å². The Balaban J connectivity index is 2.80. The van der Waals surface area contributed by atoms with E-state index in [-0.39, 0.29) is 11.1 Å². The molecule has 2 aromatic rings. The van der Waals surface area contributed by atoms with Gasteiger partial charge in [-0.3, -0.25) is 0 Å². The summed E-state index contributed by atoms with van der Waals surface area (Å²) in [6.45, 7) is -2.42. The van der Waals surface area contributed by atoms with E-state index in [0.717, 1.165) is 0 Å². The normalized spacial score (nSPS) is 14.5. The smallest absolute Gasteiger partial charge is 0.140 e. The van der Waals surface area contributed by atoms with Crippen molar-refractivity contribution in [1.82, 2.24) is 0 Å². The van der Waals surface area contributed by atoms with Crippen molar-refractivity contribution < 1.29 is 12.3 Å². The summed E-state index contributed by atoms with van der Waals surface area (Å²) in [5, 5.41) is 10.3. The van der Waals surface area contributed by atoms with Crippen molar-refractivity contribution in [2.24, 2.45) is 0 Å². The topological polar surface area (TPSA) is 33.4 Å². The lowest BCUT2D eigenvalue weighted by atomic mass is 10.2. The summed E-state index contributed by atoms with van der Waals surface area (Å²) >= 11 is 5.86. The molecule has 0 spiro atoms. The number of benzene rings is 1. The van der Waals surface area contributed by atoms with Crippen molar-refractivity contribution in [1.29, 1.82) is 0 Å². The van der Waals surface area contributed by atoms with Crippen LogP contribution in [-0.4, -0.2) is 5.11 Å². The highest BCUT2D eigenvalue weighted by atomic mass is 35.5. The molecule has 0 fully saturated rings. The second-order valence-corrected chi connectivity index (χ2v) is 2.78. The highest BCUT2D eigenvalue weighted by Gasteiger charge is 2.05. The monoisotopic (exact) mass is 184 g/mol. The maximum Gasteiger partial charge on any atom is 0.140 e. The van der Waals surface area contributed by atoms with Gasteiger partial charge in [0.2, 0.25) is 0 Å². The van der Waals surface area contributed by atoms with Crippen LogP contribution in [-0.2, 0) is 6.56 Å². The van der Waals surface area contributed by atoms with Crippen LogP contribution in [0, 0.1) is 0 Å². The lowest BCUT2D eigenvalue weighted by molar-refractivity contribution is 0.281. The van der Waals surface area contributed by atoms with Crippen molar-refractivity contribution in [2.45, 2.75) is 6.56 Å². The summed E-state index contributed by atoms with van der Waals surface area (Å²) in [5.41, 5.74) is 0.368. The molecule has 0 unspecified atom stereocenters. The highest BCUT2D eigenvalue weighted by Crippen LogP contribution is 2.27. The Morgan fingerprint density at radius 1 is 1.50 bits per heavy atom. The van der Waals surface area contributed by atoms with E-state index in [1.54, 1.807) is 6.07 Å². The van der Waals surface area contributed by atoms with Gasteiger partial charge in [-0.2, -0.15) is 0 Å². The number of furan rings is 1. The van der Waals surface area contributed by atoms with E-state index < -0.39 is 6.56 Å². The molecule has 1 aromatic heterocycles. The molecular weight excluding hydrogens is 176 g/mol. The first-order chi connectivity index (χ1) is 6.50. The molecule has 0 aliphatic heterocycles. The fraction of sp³-hybridized carbons (Fsp3) is 0.111. The van der Waals surface area contributed by atoms with Crippen LogP contribution in [0.4, 0.5) is 0 Å². The van der Waals surface area contributed by atoms with Crippen LogP contribution in [0.2, 0.25) is 5.02 Å². The average molecular weight is 185 g/mol. The molecule has 2 nitrogen and oxygen atoms in total. The summed E-state index contributed by atoms with van der Waals surface area (Å²) in [7, 11) is 0. The van der Waals surface area contributed by atoms with Gasteiger partial charge in [-0.05, 0) is 12.1 Å². The van der Waals surface area contributed by atoms with E-state index >= 15 is 0 Å². The maximum absolute atomic E-state index is 9.23. The van der Waals surface area contributed by atoms with Gasteiger partial charge in [-0.1, -0.05) is 17.7 Å². The predicted molar refractivity (Wildman–Crippen MR) is 47.1 cm³/mol. The Hall–Kier alpha value is -0.990. The van der Waals surface area contributed by atoms with E-state index in [1.165, 1.54) is 18.4 Å². The minimum atomic E-state index is -2.42. The summed E-state index contributed by atoms with van der Waals surface area (Å²) in [6.07, 6.45) is 1.41. The highest BCUT2D eigenvalue weighted by molar-refractivity contribution is 6.35. The molecule has 0 amide bonds. The van der Waals surface area contributed by atoms with Crippen LogP contribution in [0.1, 0.15) is 8.30 Å². The third-order valence-corrected chi connectivity index (χ3v) is 2.01. The minimum absolute atomic E-state index is 0.0851. The Bertz CT molecular complexity index is 473. The quantitative estimate of drug-likeness (QED) is 0.739. The number of rotatable bonds is 1. The van der Waals surface area contributed by atoms with Gasteiger partial charge in [0.25, 0.3) is 0 Å². The van der Waals surface area contributed by atoms with E-state index in [0.29, 0.717) is 10.4 Å². The fourth-order valence-corrected chi connectivity index (χ4v) is 1.33. The third kappa shape index (κ3) is 1.00. The van der Waals surface area contributed by atoms with Gasteiger partial charge in [0.1, 0.15) is 5.58 Å². The summed E-state index contributed by atoms with van der Waals surface area (Å²) in [6, 6.07) is 4.57. The molecule has 0 atom stereocenters. The van der Waals surface area contributed by atoms with Crippen molar-refractivity contribution in [3.63, 3.8) is 0 Å². The number of hydrogen-bond acceptors (Lipinski definition) is 2. The van der Waals surface area contributed by atoms with Gasteiger partial charge in [0.15, 0.2) is 0 Å². The number of halogens is 1. The van der Waals surface area contributed by atoms with Gasteiger partial charge in [-0.25, -0.2) is 0 Å². The van der Waals surface area contributed by atoms with Crippen LogP contribution in [0.25, 0.3) is 11.0 Å². The van der Waals surface area contributed by atoms with Crippen molar-refractivity contribution in [3.8, 4) is 0 Å². The number of aliphatic hydroxyl groups is 1. The molecule has 62 valence electrons. The van der Waals surface area contributed by atoms with Crippen LogP contribution >= 0.6 is 11.6 Å². The van der Waals surface area contributed by atoms with E-state index in [2.05, 4.69) is 0 Å².